The first-order valence-electron chi connectivity index (χ1n) is 13.8. The Morgan fingerprint density at radius 2 is 2.07 bits per heavy atom. The Morgan fingerprint density at radius 1 is 1.29 bits per heavy atom. The number of carbonyl (C=O) groups is 2. The van der Waals surface area contributed by atoms with Crippen molar-refractivity contribution < 1.29 is 22.8 Å². The van der Waals surface area contributed by atoms with Crippen molar-refractivity contribution in [3.63, 3.8) is 0 Å². The van der Waals surface area contributed by atoms with E-state index in [1.165, 1.54) is 10.8 Å². The number of rotatable bonds is 11. The van der Waals surface area contributed by atoms with Gasteiger partial charge in [0.25, 0.3) is 5.91 Å². The standard InChI is InChI=1S/C29H35F3N8O2/c1-5-12-40-24(22-15-36-39-25(22)29(30,31)32)16-34-26(40)18(4)38-20-9-10-21(19(6-2)13-20)27(41)37-17(3)14-35-28(42)23-8-7-11-33-23/h5,9-10,12-13,15-17,23,33,38H,4,6-8,11,14H2,1-3H3,(H,35,42)(H,36,39)(H,37,41)/b12-5-. The molecule has 1 fully saturated rings. The molecular weight excluding hydrogens is 549 g/mol. The molecule has 5 N–H and O–H groups in total. The van der Waals surface area contributed by atoms with Gasteiger partial charge in [0, 0.05) is 30.0 Å². The van der Waals surface area contributed by atoms with E-state index in [4.69, 9.17) is 0 Å². The molecule has 1 aliphatic heterocycles. The molecule has 42 heavy (non-hydrogen) atoms. The van der Waals surface area contributed by atoms with Gasteiger partial charge in [-0.1, -0.05) is 19.6 Å². The second-order valence-electron chi connectivity index (χ2n) is 10.1. The Morgan fingerprint density at radius 3 is 2.74 bits per heavy atom. The Balaban J connectivity index is 1.46. The van der Waals surface area contributed by atoms with Crippen LogP contribution in [0.15, 0.2) is 43.2 Å². The smallest absolute Gasteiger partial charge is 0.353 e. The number of allylic oxidation sites excluding steroid dienone is 1. The van der Waals surface area contributed by atoms with Crippen molar-refractivity contribution in [3.05, 3.63) is 65.9 Å². The maximum Gasteiger partial charge on any atom is 0.433 e. The first-order valence-corrected chi connectivity index (χ1v) is 13.8. The molecule has 224 valence electrons. The van der Waals surface area contributed by atoms with E-state index in [0.717, 1.165) is 31.1 Å². The molecule has 1 aromatic carbocycles. The maximum absolute atomic E-state index is 13.5. The molecule has 1 aliphatic rings. The van der Waals surface area contributed by atoms with Gasteiger partial charge in [0.05, 0.1) is 35.4 Å². The van der Waals surface area contributed by atoms with Crippen LogP contribution in [0.4, 0.5) is 18.9 Å². The molecule has 13 heteroatoms. The number of aromatic amines is 1. The normalized spacial score (nSPS) is 16.0. The molecule has 10 nitrogen and oxygen atoms in total. The summed E-state index contributed by atoms with van der Waals surface area (Å²) >= 11 is 0. The van der Waals surface area contributed by atoms with E-state index in [1.54, 1.807) is 31.3 Å². The molecule has 0 spiro atoms. The number of benzene rings is 1. The molecule has 3 heterocycles. The average Bonchev–Trinajstić information content (AvgIpc) is 3.72. The Labute approximate surface area is 241 Å². The van der Waals surface area contributed by atoms with Crippen molar-refractivity contribution in [2.45, 2.75) is 58.3 Å². The summed E-state index contributed by atoms with van der Waals surface area (Å²) in [5, 5.41) is 17.7. The summed E-state index contributed by atoms with van der Waals surface area (Å²) in [7, 11) is 0. The molecule has 1 saturated heterocycles. The van der Waals surface area contributed by atoms with Crippen LogP contribution in [0.2, 0.25) is 0 Å². The topological polar surface area (TPSA) is 129 Å². The van der Waals surface area contributed by atoms with E-state index in [1.807, 2.05) is 25.0 Å². The predicted octanol–water partition coefficient (Wildman–Crippen LogP) is 4.41. The average molecular weight is 585 g/mol. The summed E-state index contributed by atoms with van der Waals surface area (Å²) in [6.45, 7) is 10.7. The minimum atomic E-state index is -4.62. The first-order chi connectivity index (χ1) is 20.0. The molecule has 0 aliphatic carbocycles. The van der Waals surface area contributed by atoms with Crippen LogP contribution in [-0.4, -0.2) is 56.7 Å². The van der Waals surface area contributed by atoms with Gasteiger partial charge in [0.1, 0.15) is 5.69 Å². The summed E-state index contributed by atoms with van der Waals surface area (Å²) in [5.41, 5.74) is 1.34. The molecule has 2 unspecified atom stereocenters. The third-order valence-electron chi connectivity index (χ3n) is 6.93. The van der Waals surface area contributed by atoms with Crippen molar-refractivity contribution >= 4 is 29.4 Å². The highest BCUT2D eigenvalue weighted by atomic mass is 19.4. The zero-order chi connectivity index (χ0) is 30.4. The summed E-state index contributed by atoms with van der Waals surface area (Å²) in [6, 6.07) is 4.78. The number of nitrogens with zero attached hydrogens (tertiary/aromatic N) is 3. The zero-order valence-corrected chi connectivity index (χ0v) is 23.7. The number of alkyl halides is 3. The van der Waals surface area contributed by atoms with Gasteiger partial charge in [-0.15, -0.1) is 0 Å². The van der Waals surface area contributed by atoms with Gasteiger partial charge < -0.3 is 21.3 Å². The molecule has 0 bridgehead atoms. The quantitative estimate of drug-likeness (QED) is 0.227. The van der Waals surface area contributed by atoms with Gasteiger partial charge in [0.2, 0.25) is 5.91 Å². The Kier molecular flexibility index (Phi) is 9.51. The van der Waals surface area contributed by atoms with E-state index in [0.29, 0.717) is 35.7 Å². The summed E-state index contributed by atoms with van der Waals surface area (Å²) in [6.07, 6.45) is 3.44. The zero-order valence-electron chi connectivity index (χ0n) is 23.7. The Bertz CT molecular complexity index is 1470. The van der Waals surface area contributed by atoms with E-state index in [-0.39, 0.29) is 35.2 Å². The molecule has 0 radical (unpaired) electrons. The van der Waals surface area contributed by atoms with Gasteiger partial charge in [-0.25, -0.2) is 4.98 Å². The van der Waals surface area contributed by atoms with Gasteiger partial charge in [0.15, 0.2) is 5.82 Å². The number of aryl methyl sites for hydroxylation is 1. The van der Waals surface area contributed by atoms with Crippen molar-refractivity contribution in [1.82, 2.24) is 35.7 Å². The predicted molar refractivity (Wildman–Crippen MR) is 155 cm³/mol. The second kappa shape index (κ2) is 13.1. The fourth-order valence-corrected chi connectivity index (χ4v) is 4.83. The van der Waals surface area contributed by atoms with Gasteiger partial charge in [-0.05, 0) is 63.4 Å². The third-order valence-corrected chi connectivity index (χ3v) is 6.93. The van der Waals surface area contributed by atoms with E-state index in [9.17, 15) is 22.8 Å². The molecule has 2 aromatic heterocycles. The van der Waals surface area contributed by atoms with Crippen LogP contribution in [0.5, 0.6) is 0 Å². The van der Waals surface area contributed by atoms with Crippen LogP contribution in [0.3, 0.4) is 0 Å². The van der Waals surface area contributed by atoms with Crippen LogP contribution < -0.4 is 21.3 Å². The minimum absolute atomic E-state index is 0.0637. The van der Waals surface area contributed by atoms with Gasteiger partial charge in [-0.3, -0.25) is 19.3 Å². The van der Waals surface area contributed by atoms with Crippen LogP contribution in [0.25, 0.3) is 23.2 Å². The summed E-state index contributed by atoms with van der Waals surface area (Å²) < 4.78 is 42.0. The first kappa shape index (κ1) is 30.6. The number of imidazole rings is 1. The second-order valence-corrected chi connectivity index (χ2v) is 10.1. The van der Waals surface area contributed by atoms with Crippen LogP contribution >= 0.6 is 0 Å². The summed E-state index contributed by atoms with van der Waals surface area (Å²) in [4.78, 5) is 29.6. The highest BCUT2D eigenvalue weighted by molar-refractivity contribution is 5.96. The number of anilines is 1. The SMILES string of the molecule is C=C(Nc1ccc(C(=O)NC(C)CNC(=O)C2CCCN2)c(CC)c1)c1ncc(-c2cn[nH]c2C(F)(F)F)n1/C=C\C. The van der Waals surface area contributed by atoms with Crippen molar-refractivity contribution in [2.24, 2.45) is 0 Å². The van der Waals surface area contributed by atoms with Gasteiger partial charge >= 0.3 is 6.18 Å². The monoisotopic (exact) mass is 584 g/mol. The van der Waals surface area contributed by atoms with Crippen LogP contribution in [0.1, 0.15) is 61.1 Å². The fraction of sp³-hybridized carbons (Fsp3) is 0.379. The minimum Gasteiger partial charge on any atom is -0.353 e. The van der Waals surface area contributed by atoms with Gasteiger partial charge in [-0.2, -0.15) is 18.3 Å². The number of halogens is 3. The third kappa shape index (κ3) is 6.90. The lowest BCUT2D eigenvalue weighted by Gasteiger charge is -2.18. The fourth-order valence-electron chi connectivity index (χ4n) is 4.83. The number of hydrogen-bond acceptors (Lipinski definition) is 6. The van der Waals surface area contributed by atoms with E-state index < -0.39 is 11.9 Å². The Hall–Kier alpha value is -4.39. The number of aromatic nitrogens is 4. The molecular formula is C29H35F3N8O2. The summed E-state index contributed by atoms with van der Waals surface area (Å²) in [5.74, 6) is -0.0148. The van der Waals surface area contributed by atoms with Crippen LogP contribution in [0, 0.1) is 0 Å². The van der Waals surface area contributed by atoms with Crippen molar-refractivity contribution in [3.8, 4) is 11.3 Å². The maximum atomic E-state index is 13.5. The highest BCUT2D eigenvalue weighted by Crippen LogP contribution is 2.36. The van der Waals surface area contributed by atoms with E-state index in [2.05, 4.69) is 37.9 Å². The lowest BCUT2D eigenvalue weighted by molar-refractivity contribution is -0.140. The van der Waals surface area contributed by atoms with Crippen LogP contribution in [-0.2, 0) is 17.4 Å². The molecule has 3 aromatic rings. The number of amides is 2. The lowest BCUT2D eigenvalue weighted by atomic mass is 10.0. The number of hydrogen-bond donors (Lipinski definition) is 5. The molecule has 0 saturated carbocycles. The molecule has 2 atom stereocenters. The highest BCUT2D eigenvalue weighted by Gasteiger charge is 2.37. The molecule has 4 rings (SSSR count). The largest absolute Gasteiger partial charge is 0.433 e. The lowest BCUT2D eigenvalue weighted by Crippen LogP contribution is -2.46. The van der Waals surface area contributed by atoms with Crippen molar-refractivity contribution in [2.75, 3.05) is 18.4 Å². The van der Waals surface area contributed by atoms with E-state index >= 15 is 0 Å². The number of H-pyrrole nitrogens is 1. The van der Waals surface area contributed by atoms with Crippen molar-refractivity contribution in [1.29, 1.82) is 0 Å². The number of nitrogens with one attached hydrogen (secondary N) is 5. The number of carbonyl (C=O) groups excluding carboxylic acids is 2. The molecule has 2 amide bonds.